The Balaban J connectivity index is 2.28. The van der Waals surface area contributed by atoms with Crippen LogP contribution >= 0.6 is 0 Å². The second-order valence-electron chi connectivity index (χ2n) is 4.19. The SMILES string of the molecule is CC(C)NC(=O)CN(C)C(=O)C1CC1. The second-order valence-corrected chi connectivity index (χ2v) is 4.19. The molecule has 1 N–H and O–H groups in total. The summed E-state index contributed by atoms with van der Waals surface area (Å²) in [5, 5.41) is 2.76. The van der Waals surface area contributed by atoms with E-state index in [0.29, 0.717) is 0 Å². The number of amides is 2. The van der Waals surface area contributed by atoms with Gasteiger partial charge < -0.3 is 10.2 Å². The molecule has 0 aliphatic heterocycles. The Kier molecular flexibility index (Phi) is 3.49. The minimum Gasteiger partial charge on any atom is -0.352 e. The van der Waals surface area contributed by atoms with E-state index >= 15 is 0 Å². The van der Waals surface area contributed by atoms with Gasteiger partial charge in [0.1, 0.15) is 0 Å². The Hall–Kier alpha value is -1.06. The van der Waals surface area contributed by atoms with Crippen molar-refractivity contribution in [3.63, 3.8) is 0 Å². The molecule has 0 atom stereocenters. The molecule has 80 valence electrons. The second kappa shape index (κ2) is 4.44. The molecule has 0 aromatic rings. The lowest BCUT2D eigenvalue weighted by Crippen LogP contribution is -2.41. The van der Waals surface area contributed by atoms with E-state index in [2.05, 4.69) is 5.32 Å². The molecule has 1 aliphatic carbocycles. The van der Waals surface area contributed by atoms with Crippen molar-refractivity contribution in [1.82, 2.24) is 10.2 Å². The van der Waals surface area contributed by atoms with Crippen LogP contribution in [0.25, 0.3) is 0 Å². The van der Waals surface area contributed by atoms with Gasteiger partial charge in [0.2, 0.25) is 11.8 Å². The molecule has 0 spiro atoms. The number of carbonyl (C=O) groups is 2. The van der Waals surface area contributed by atoms with Gasteiger partial charge in [-0.15, -0.1) is 0 Å². The first kappa shape index (κ1) is 11.0. The maximum atomic E-state index is 11.5. The molecule has 2 amide bonds. The Bertz CT molecular complexity index is 234. The molecule has 0 bridgehead atoms. The summed E-state index contributed by atoms with van der Waals surface area (Å²) in [6, 6.07) is 0.131. The van der Waals surface area contributed by atoms with Gasteiger partial charge in [0, 0.05) is 19.0 Å². The first-order chi connectivity index (χ1) is 6.50. The van der Waals surface area contributed by atoms with Crippen LogP contribution in [-0.4, -0.2) is 36.3 Å². The summed E-state index contributed by atoms with van der Waals surface area (Å²) < 4.78 is 0. The number of hydrogen-bond acceptors (Lipinski definition) is 2. The van der Waals surface area contributed by atoms with Crippen LogP contribution in [-0.2, 0) is 9.59 Å². The van der Waals surface area contributed by atoms with E-state index in [9.17, 15) is 9.59 Å². The molecular formula is C10H18N2O2. The molecule has 0 heterocycles. The van der Waals surface area contributed by atoms with Crippen LogP contribution < -0.4 is 5.32 Å². The maximum Gasteiger partial charge on any atom is 0.239 e. The van der Waals surface area contributed by atoms with Crippen LogP contribution in [0.1, 0.15) is 26.7 Å². The van der Waals surface area contributed by atoms with E-state index in [-0.39, 0.29) is 30.3 Å². The van der Waals surface area contributed by atoms with Gasteiger partial charge >= 0.3 is 0 Å². The van der Waals surface area contributed by atoms with Crippen LogP contribution in [0.5, 0.6) is 0 Å². The van der Waals surface area contributed by atoms with E-state index in [4.69, 9.17) is 0 Å². The summed E-state index contributed by atoms with van der Waals surface area (Å²) in [5.41, 5.74) is 0. The largest absolute Gasteiger partial charge is 0.352 e. The zero-order valence-electron chi connectivity index (χ0n) is 9.04. The van der Waals surface area contributed by atoms with Gasteiger partial charge in [-0.3, -0.25) is 9.59 Å². The van der Waals surface area contributed by atoms with E-state index in [1.54, 1.807) is 7.05 Å². The average Bonchev–Trinajstić information content (AvgIpc) is 2.83. The topological polar surface area (TPSA) is 49.4 Å². The van der Waals surface area contributed by atoms with Crippen molar-refractivity contribution in [1.29, 1.82) is 0 Å². The normalized spacial score (nSPS) is 15.4. The van der Waals surface area contributed by atoms with Crippen LogP contribution in [0.2, 0.25) is 0 Å². The van der Waals surface area contributed by atoms with Crippen molar-refractivity contribution in [3.8, 4) is 0 Å². The molecule has 1 saturated carbocycles. The fraction of sp³-hybridized carbons (Fsp3) is 0.800. The van der Waals surface area contributed by atoms with E-state index in [0.717, 1.165) is 12.8 Å². The quantitative estimate of drug-likeness (QED) is 0.710. The van der Waals surface area contributed by atoms with E-state index < -0.39 is 0 Å². The summed E-state index contributed by atoms with van der Waals surface area (Å²) >= 11 is 0. The summed E-state index contributed by atoms with van der Waals surface area (Å²) in [4.78, 5) is 24.3. The van der Waals surface area contributed by atoms with Gasteiger partial charge in [-0.05, 0) is 26.7 Å². The summed E-state index contributed by atoms with van der Waals surface area (Å²) in [6.07, 6.45) is 1.96. The van der Waals surface area contributed by atoms with Crippen molar-refractivity contribution >= 4 is 11.8 Å². The smallest absolute Gasteiger partial charge is 0.239 e. The molecule has 0 aromatic heterocycles. The van der Waals surface area contributed by atoms with Gasteiger partial charge in [-0.25, -0.2) is 0 Å². The van der Waals surface area contributed by atoms with Crippen LogP contribution in [0, 0.1) is 5.92 Å². The van der Waals surface area contributed by atoms with Gasteiger partial charge in [0.05, 0.1) is 6.54 Å². The monoisotopic (exact) mass is 198 g/mol. The molecule has 0 radical (unpaired) electrons. The Morgan fingerprint density at radius 3 is 2.43 bits per heavy atom. The maximum absolute atomic E-state index is 11.5. The third kappa shape index (κ3) is 3.36. The Morgan fingerprint density at radius 2 is 2.00 bits per heavy atom. The highest BCUT2D eigenvalue weighted by atomic mass is 16.2. The predicted molar refractivity (Wildman–Crippen MR) is 53.6 cm³/mol. The molecule has 1 rings (SSSR count). The molecular weight excluding hydrogens is 180 g/mol. The number of likely N-dealkylation sites (N-methyl/N-ethyl adjacent to an activating group) is 1. The third-order valence-electron chi connectivity index (χ3n) is 2.13. The fourth-order valence-electron chi connectivity index (χ4n) is 1.30. The molecule has 14 heavy (non-hydrogen) atoms. The number of carbonyl (C=O) groups excluding carboxylic acids is 2. The lowest BCUT2D eigenvalue weighted by Gasteiger charge is -2.17. The van der Waals surface area contributed by atoms with Crippen LogP contribution in [0.3, 0.4) is 0 Å². The molecule has 0 unspecified atom stereocenters. The fourth-order valence-corrected chi connectivity index (χ4v) is 1.30. The molecule has 4 nitrogen and oxygen atoms in total. The summed E-state index contributed by atoms with van der Waals surface area (Å²) in [7, 11) is 1.68. The van der Waals surface area contributed by atoms with Crippen molar-refractivity contribution < 1.29 is 9.59 Å². The minimum atomic E-state index is -0.0866. The predicted octanol–water partition coefficient (Wildman–Crippen LogP) is 0.379. The van der Waals surface area contributed by atoms with Crippen molar-refractivity contribution in [2.45, 2.75) is 32.7 Å². The van der Waals surface area contributed by atoms with Gasteiger partial charge in [0.15, 0.2) is 0 Å². The zero-order valence-corrected chi connectivity index (χ0v) is 9.04. The molecule has 1 fully saturated rings. The number of hydrogen-bond donors (Lipinski definition) is 1. The van der Waals surface area contributed by atoms with Crippen molar-refractivity contribution in [2.75, 3.05) is 13.6 Å². The number of nitrogens with one attached hydrogen (secondary N) is 1. The van der Waals surface area contributed by atoms with Gasteiger partial charge in [0.25, 0.3) is 0 Å². The molecule has 0 saturated heterocycles. The average molecular weight is 198 g/mol. The molecule has 0 aromatic carbocycles. The van der Waals surface area contributed by atoms with Crippen LogP contribution in [0.4, 0.5) is 0 Å². The Labute approximate surface area is 84.7 Å². The highest BCUT2D eigenvalue weighted by Crippen LogP contribution is 2.30. The highest BCUT2D eigenvalue weighted by Gasteiger charge is 2.32. The molecule has 4 heteroatoms. The lowest BCUT2D eigenvalue weighted by atomic mass is 10.3. The van der Waals surface area contributed by atoms with Crippen molar-refractivity contribution in [3.05, 3.63) is 0 Å². The standard InChI is InChI=1S/C10H18N2O2/c1-7(2)11-9(13)6-12(3)10(14)8-4-5-8/h7-8H,4-6H2,1-3H3,(H,11,13). The van der Waals surface area contributed by atoms with E-state index in [1.165, 1.54) is 4.90 Å². The third-order valence-corrected chi connectivity index (χ3v) is 2.13. The number of rotatable bonds is 4. The first-order valence-corrected chi connectivity index (χ1v) is 5.05. The summed E-state index contributed by atoms with van der Waals surface area (Å²) in [6.45, 7) is 3.98. The van der Waals surface area contributed by atoms with Gasteiger partial charge in [-0.1, -0.05) is 0 Å². The first-order valence-electron chi connectivity index (χ1n) is 5.05. The molecule has 1 aliphatic rings. The highest BCUT2D eigenvalue weighted by molar-refractivity contribution is 5.86. The minimum absolute atomic E-state index is 0.0866. The zero-order chi connectivity index (χ0) is 10.7. The number of nitrogens with zero attached hydrogens (tertiary/aromatic N) is 1. The summed E-state index contributed by atoms with van der Waals surface area (Å²) in [5.74, 6) is 0.201. The van der Waals surface area contributed by atoms with Crippen LogP contribution in [0.15, 0.2) is 0 Å². The van der Waals surface area contributed by atoms with Gasteiger partial charge in [-0.2, -0.15) is 0 Å². The Morgan fingerprint density at radius 1 is 1.43 bits per heavy atom. The van der Waals surface area contributed by atoms with Crippen molar-refractivity contribution in [2.24, 2.45) is 5.92 Å². The lowest BCUT2D eigenvalue weighted by molar-refractivity contribution is -0.135. The van der Waals surface area contributed by atoms with E-state index in [1.807, 2.05) is 13.8 Å².